The quantitative estimate of drug-likeness (QED) is 0.268. The number of alkyl halides is 1. The Morgan fingerprint density at radius 1 is 0.909 bits per heavy atom. The van der Waals surface area contributed by atoms with Gasteiger partial charge in [0.1, 0.15) is 24.9 Å². The third-order valence-electron chi connectivity index (χ3n) is 4.33. The van der Waals surface area contributed by atoms with Crippen molar-refractivity contribution in [2.75, 3.05) is 19.8 Å². The smallest absolute Gasteiger partial charge is 0.350 e. The van der Waals surface area contributed by atoms with Crippen LogP contribution in [0, 0.1) is 0 Å². The van der Waals surface area contributed by atoms with E-state index >= 15 is 0 Å². The summed E-state index contributed by atoms with van der Waals surface area (Å²) in [5, 5.41) is -1.03. The molecule has 2 atom stereocenters. The van der Waals surface area contributed by atoms with Gasteiger partial charge in [-0.05, 0) is 24.3 Å². The van der Waals surface area contributed by atoms with Crippen molar-refractivity contribution < 1.29 is 23.8 Å². The third kappa shape index (κ3) is 6.86. The van der Waals surface area contributed by atoms with Gasteiger partial charge in [0.25, 0.3) is 0 Å². The first kappa shape index (κ1) is 23.9. The summed E-state index contributed by atoms with van der Waals surface area (Å²) < 4.78 is 16.9. The Morgan fingerprint density at radius 2 is 1.48 bits per heavy atom. The van der Waals surface area contributed by atoms with E-state index in [2.05, 4.69) is 4.98 Å². The number of nitrogens with zero attached hydrogens (tertiary/aromatic N) is 2. The number of halogens is 1. The SMILES string of the molecule is O=C(OCCO[C@@H]([C@H](Cl)COC(=O)c1ccccc1)n1cnc(=O)[nH]c1=O)c1ccccc1. The average Bonchev–Trinajstić information content (AvgIpc) is 2.84. The number of ether oxygens (including phenoxy) is 3. The van der Waals surface area contributed by atoms with Crippen LogP contribution >= 0.6 is 11.6 Å². The van der Waals surface area contributed by atoms with Gasteiger partial charge in [0, 0.05) is 0 Å². The Balaban J connectivity index is 1.63. The Kier molecular flexibility index (Phi) is 8.50. The van der Waals surface area contributed by atoms with Crippen molar-refractivity contribution in [3.63, 3.8) is 0 Å². The molecule has 2 aromatic carbocycles. The highest BCUT2D eigenvalue weighted by Gasteiger charge is 2.25. The second-order valence-electron chi connectivity index (χ2n) is 6.63. The Morgan fingerprint density at radius 3 is 2.06 bits per heavy atom. The summed E-state index contributed by atoms with van der Waals surface area (Å²) in [6.45, 7) is -0.580. The molecule has 0 aliphatic carbocycles. The second kappa shape index (κ2) is 11.7. The van der Waals surface area contributed by atoms with Crippen LogP contribution < -0.4 is 11.4 Å². The van der Waals surface area contributed by atoms with Crippen LogP contribution in [0.5, 0.6) is 0 Å². The van der Waals surface area contributed by atoms with Gasteiger partial charge in [-0.25, -0.2) is 19.2 Å². The Hall–Kier alpha value is -3.76. The number of hydrogen-bond donors (Lipinski definition) is 1. The molecule has 3 rings (SSSR count). The maximum absolute atomic E-state index is 12.2. The lowest BCUT2D eigenvalue weighted by atomic mass is 10.2. The number of esters is 2. The fourth-order valence-corrected chi connectivity index (χ4v) is 3.01. The van der Waals surface area contributed by atoms with Crippen LogP contribution in [0.3, 0.4) is 0 Å². The van der Waals surface area contributed by atoms with Crippen LogP contribution in [0.25, 0.3) is 0 Å². The van der Waals surface area contributed by atoms with Gasteiger partial charge in [0.05, 0.1) is 17.7 Å². The molecule has 0 aliphatic heterocycles. The number of aromatic nitrogens is 3. The summed E-state index contributed by atoms with van der Waals surface area (Å²) in [7, 11) is 0. The summed E-state index contributed by atoms with van der Waals surface area (Å²) in [5.41, 5.74) is -0.956. The Labute approximate surface area is 192 Å². The van der Waals surface area contributed by atoms with Crippen LogP contribution in [-0.2, 0) is 14.2 Å². The molecule has 0 fully saturated rings. The van der Waals surface area contributed by atoms with Crippen molar-refractivity contribution in [3.05, 3.63) is 99.1 Å². The van der Waals surface area contributed by atoms with Crippen LogP contribution in [-0.4, -0.2) is 51.7 Å². The van der Waals surface area contributed by atoms with Gasteiger partial charge in [-0.2, -0.15) is 4.98 Å². The number of nitrogens with one attached hydrogen (secondary N) is 1. The normalized spacial score (nSPS) is 12.5. The van der Waals surface area contributed by atoms with Crippen LogP contribution in [0.2, 0.25) is 0 Å². The molecule has 0 unspecified atom stereocenters. The largest absolute Gasteiger partial charge is 0.460 e. The number of hydrogen-bond acceptors (Lipinski definition) is 8. The predicted octanol–water partition coefficient (Wildman–Crippen LogP) is 1.77. The van der Waals surface area contributed by atoms with Gasteiger partial charge in [0.2, 0.25) is 0 Å². The van der Waals surface area contributed by atoms with Crippen molar-refractivity contribution >= 4 is 23.5 Å². The first-order chi connectivity index (χ1) is 16.0. The van der Waals surface area contributed by atoms with Crippen molar-refractivity contribution in [1.82, 2.24) is 14.5 Å². The van der Waals surface area contributed by atoms with Crippen LogP contribution in [0.4, 0.5) is 0 Å². The van der Waals surface area contributed by atoms with E-state index in [4.69, 9.17) is 25.8 Å². The predicted molar refractivity (Wildman–Crippen MR) is 117 cm³/mol. The van der Waals surface area contributed by atoms with Crippen molar-refractivity contribution in [2.24, 2.45) is 0 Å². The lowest BCUT2D eigenvalue weighted by Crippen LogP contribution is -2.39. The maximum atomic E-state index is 12.2. The van der Waals surface area contributed by atoms with Gasteiger partial charge in [0.15, 0.2) is 6.23 Å². The summed E-state index contributed by atoms with van der Waals surface area (Å²) >= 11 is 6.37. The van der Waals surface area contributed by atoms with E-state index in [-0.39, 0.29) is 19.8 Å². The summed E-state index contributed by atoms with van der Waals surface area (Å²) in [6, 6.07) is 16.7. The molecule has 33 heavy (non-hydrogen) atoms. The fraction of sp³-hybridized carbons (Fsp3) is 0.227. The molecular weight excluding hydrogens is 454 g/mol. The molecule has 3 aromatic rings. The highest BCUT2D eigenvalue weighted by Crippen LogP contribution is 2.18. The molecule has 0 amide bonds. The lowest BCUT2D eigenvalue weighted by Gasteiger charge is -2.24. The first-order valence-electron chi connectivity index (χ1n) is 9.83. The van der Waals surface area contributed by atoms with Gasteiger partial charge < -0.3 is 14.2 Å². The number of aromatic amines is 1. The number of rotatable bonds is 10. The minimum absolute atomic E-state index is 0.134. The van der Waals surface area contributed by atoms with Crippen LogP contribution in [0.15, 0.2) is 76.6 Å². The zero-order valence-corrected chi connectivity index (χ0v) is 18.0. The van der Waals surface area contributed by atoms with Gasteiger partial charge in [-0.1, -0.05) is 36.4 Å². The van der Waals surface area contributed by atoms with E-state index in [1.165, 1.54) is 0 Å². The highest BCUT2D eigenvalue weighted by atomic mass is 35.5. The monoisotopic (exact) mass is 473 g/mol. The van der Waals surface area contributed by atoms with Crippen molar-refractivity contribution in [1.29, 1.82) is 0 Å². The van der Waals surface area contributed by atoms with E-state index in [0.29, 0.717) is 11.1 Å². The highest BCUT2D eigenvalue weighted by molar-refractivity contribution is 6.21. The molecule has 1 N–H and O–H groups in total. The molecule has 0 radical (unpaired) electrons. The van der Waals surface area contributed by atoms with Crippen molar-refractivity contribution in [3.8, 4) is 0 Å². The van der Waals surface area contributed by atoms with Crippen molar-refractivity contribution in [2.45, 2.75) is 11.6 Å². The first-order valence-corrected chi connectivity index (χ1v) is 10.3. The average molecular weight is 474 g/mol. The molecule has 172 valence electrons. The van der Waals surface area contributed by atoms with E-state index in [0.717, 1.165) is 10.9 Å². The van der Waals surface area contributed by atoms with Gasteiger partial charge >= 0.3 is 23.3 Å². The molecule has 10 nitrogen and oxygen atoms in total. The molecule has 0 aliphatic rings. The molecule has 0 saturated heterocycles. The lowest BCUT2D eigenvalue weighted by molar-refractivity contribution is -0.0375. The minimum atomic E-state index is -1.18. The maximum Gasteiger partial charge on any atom is 0.350 e. The van der Waals surface area contributed by atoms with E-state index in [1.54, 1.807) is 60.7 Å². The van der Waals surface area contributed by atoms with E-state index in [1.807, 2.05) is 4.98 Å². The Bertz CT molecular complexity index is 1180. The molecule has 0 saturated carbocycles. The van der Waals surface area contributed by atoms with Gasteiger partial charge in [-0.15, -0.1) is 11.6 Å². The summed E-state index contributed by atoms with van der Waals surface area (Å²) in [5.74, 6) is -1.15. The van der Waals surface area contributed by atoms with Crippen LogP contribution in [0.1, 0.15) is 26.9 Å². The molecule has 0 spiro atoms. The number of carbonyl (C=O) groups excluding carboxylic acids is 2. The zero-order valence-electron chi connectivity index (χ0n) is 17.3. The zero-order chi connectivity index (χ0) is 23.6. The van der Waals surface area contributed by atoms with Gasteiger partial charge in [-0.3, -0.25) is 9.55 Å². The fourth-order valence-electron chi connectivity index (χ4n) is 2.75. The second-order valence-corrected chi connectivity index (χ2v) is 7.19. The number of carbonyl (C=O) groups is 2. The standard InChI is InChI=1S/C22H20ClN3O7/c23-17(13-33-20(28)16-9-5-2-6-10-16)18(26-14-24-21(29)25-22(26)30)31-11-12-32-19(27)15-7-3-1-4-8-15/h1-10,14,17-18H,11-13H2,(H,25,29,30)/t17-,18+/m1/s1. The molecule has 1 aromatic heterocycles. The number of benzene rings is 2. The number of H-pyrrole nitrogens is 1. The minimum Gasteiger partial charge on any atom is -0.460 e. The third-order valence-corrected chi connectivity index (χ3v) is 4.67. The van der Waals surface area contributed by atoms with E-state index in [9.17, 15) is 19.2 Å². The molecule has 0 bridgehead atoms. The van der Waals surface area contributed by atoms with E-state index < -0.39 is 34.9 Å². The topological polar surface area (TPSA) is 130 Å². The summed E-state index contributed by atoms with van der Waals surface area (Å²) in [4.78, 5) is 53.2. The molecule has 11 heteroatoms. The molecule has 1 heterocycles. The summed E-state index contributed by atoms with van der Waals surface area (Å²) in [6.07, 6.45) is -0.210. The molecular formula is C22H20ClN3O7.